The maximum absolute atomic E-state index is 11.9. The van der Waals surface area contributed by atoms with Crippen LogP contribution in [-0.2, 0) is 9.84 Å². The van der Waals surface area contributed by atoms with Crippen molar-refractivity contribution in [2.24, 2.45) is 5.92 Å². The third kappa shape index (κ3) is 3.70. The Morgan fingerprint density at radius 1 is 1.32 bits per heavy atom. The first-order chi connectivity index (χ1) is 9.00. The summed E-state index contributed by atoms with van der Waals surface area (Å²) < 4.78 is 22.6. The van der Waals surface area contributed by atoms with E-state index >= 15 is 0 Å². The molecule has 1 atom stereocenters. The van der Waals surface area contributed by atoms with E-state index in [9.17, 15) is 13.2 Å². The highest BCUT2D eigenvalue weighted by atomic mass is 32.2. The minimum absolute atomic E-state index is 0.0468. The molecule has 0 saturated carbocycles. The van der Waals surface area contributed by atoms with Crippen molar-refractivity contribution < 1.29 is 13.2 Å². The molecule has 1 heterocycles. The maximum atomic E-state index is 11.9. The average Bonchev–Trinajstić information content (AvgIpc) is 2.76. The minimum atomic E-state index is -2.88. The second-order valence-corrected chi connectivity index (χ2v) is 7.04. The number of sulfone groups is 1. The van der Waals surface area contributed by atoms with E-state index in [-0.39, 0.29) is 23.3 Å². The molecular weight excluding hydrogens is 264 g/mol. The van der Waals surface area contributed by atoms with Crippen molar-refractivity contribution in [1.82, 2.24) is 5.32 Å². The summed E-state index contributed by atoms with van der Waals surface area (Å²) in [6, 6.07) is 7.14. The van der Waals surface area contributed by atoms with Crippen LogP contribution in [0.3, 0.4) is 0 Å². The van der Waals surface area contributed by atoms with E-state index in [4.69, 9.17) is 0 Å². The van der Waals surface area contributed by atoms with Crippen LogP contribution in [0.25, 0.3) is 0 Å². The van der Waals surface area contributed by atoms with Gasteiger partial charge in [0.05, 0.1) is 11.5 Å². The van der Waals surface area contributed by atoms with Gasteiger partial charge in [-0.2, -0.15) is 0 Å². The lowest BCUT2D eigenvalue weighted by atomic mass is 10.1. The molecule has 0 spiro atoms. The van der Waals surface area contributed by atoms with Gasteiger partial charge in [0.15, 0.2) is 9.84 Å². The normalized spacial score (nSPS) is 21.0. The van der Waals surface area contributed by atoms with Crippen LogP contribution in [0.5, 0.6) is 0 Å². The van der Waals surface area contributed by atoms with Crippen LogP contribution in [0.4, 0.5) is 5.69 Å². The lowest BCUT2D eigenvalue weighted by Crippen LogP contribution is -2.29. The van der Waals surface area contributed by atoms with Gasteiger partial charge in [0.2, 0.25) is 0 Å². The number of carbonyl (C=O) groups excluding carboxylic acids is 1. The topological polar surface area (TPSA) is 75.3 Å². The Hall–Kier alpha value is -1.56. The Bertz CT molecular complexity index is 552. The van der Waals surface area contributed by atoms with Crippen molar-refractivity contribution in [3.63, 3.8) is 0 Å². The predicted molar refractivity (Wildman–Crippen MR) is 75.1 cm³/mol. The molecule has 2 N–H and O–H groups in total. The van der Waals surface area contributed by atoms with E-state index in [1.165, 1.54) is 0 Å². The summed E-state index contributed by atoms with van der Waals surface area (Å²) in [5.74, 6) is 0.314. The van der Waals surface area contributed by atoms with Crippen molar-refractivity contribution in [3.8, 4) is 0 Å². The second-order valence-electron chi connectivity index (χ2n) is 4.81. The molecule has 1 saturated heterocycles. The maximum Gasteiger partial charge on any atom is 0.251 e. The lowest BCUT2D eigenvalue weighted by molar-refractivity contribution is 0.0948. The summed E-state index contributed by atoms with van der Waals surface area (Å²) in [6.07, 6.45) is 0.640. The number of benzene rings is 1. The Labute approximate surface area is 113 Å². The molecule has 1 unspecified atom stereocenters. The van der Waals surface area contributed by atoms with Gasteiger partial charge < -0.3 is 10.6 Å². The molecular formula is C13H18N2O3S. The Kier molecular flexibility index (Phi) is 4.09. The molecule has 1 fully saturated rings. The number of hydrogen-bond donors (Lipinski definition) is 2. The summed E-state index contributed by atoms with van der Waals surface area (Å²) in [5, 5.41) is 5.77. The van der Waals surface area contributed by atoms with Crippen LogP contribution >= 0.6 is 0 Å². The summed E-state index contributed by atoms with van der Waals surface area (Å²) >= 11 is 0. The SMILES string of the molecule is CNc1ccc(C(=O)NCC2CCS(=O)(=O)C2)cc1. The van der Waals surface area contributed by atoms with Gasteiger partial charge in [-0.25, -0.2) is 8.42 Å². The molecule has 1 amide bonds. The molecule has 0 aliphatic carbocycles. The van der Waals surface area contributed by atoms with E-state index in [2.05, 4.69) is 10.6 Å². The zero-order valence-electron chi connectivity index (χ0n) is 10.8. The highest BCUT2D eigenvalue weighted by Crippen LogP contribution is 2.17. The zero-order valence-corrected chi connectivity index (χ0v) is 11.7. The molecule has 19 heavy (non-hydrogen) atoms. The molecule has 2 rings (SSSR count). The smallest absolute Gasteiger partial charge is 0.251 e. The molecule has 6 heteroatoms. The molecule has 0 aromatic heterocycles. The first kappa shape index (κ1) is 13.9. The van der Waals surface area contributed by atoms with Crippen LogP contribution < -0.4 is 10.6 Å². The largest absolute Gasteiger partial charge is 0.388 e. The van der Waals surface area contributed by atoms with Crippen LogP contribution in [-0.4, -0.2) is 39.4 Å². The summed E-state index contributed by atoms with van der Waals surface area (Å²) in [7, 11) is -1.06. The van der Waals surface area contributed by atoms with Gasteiger partial charge in [-0.1, -0.05) is 0 Å². The lowest BCUT2D eigenvalue weighted by Gasteiger charge is -2.10. The quantitative estimate of drug-likeness (QED) is 0.860. The molecule has 0 bridgehead atoms. The number of amides is 1. The van der Waals surface area contributed by atoms with Gasteiger partial charge in [0.25, 0.3) is 5.91 Å². The number of hydrogen-bond acceptors (Lipinski definition) is 4. The third-order valence-electron chi connectivity index (χ3n) is 3.31. The van der Waals surface area contributed by atoms with Crippen molar-refractivity contribution in [1.29, 1.82) is 0 Å². The van der Waals surface area contributed by atoms with Gasteiger partial charge in [0, 0.05) is 24.8 Å². The molecule has 1 aliphatic rings. The fourth-order valence-electron chi connectivity index (χ4n) is 2.16. The van der Waals surface area contributed by atoms with Crippen LogP contribution in [0.15, 0.2) is 24.3 Å². The van der Waals surface area contributed by atoms with E-state index < -0.39 is 9.84 Å². The van der Waals surface area contributed by atoms with Gasteiger partial charge >= 0.3 is 0 Å². The summed E-state index contributed by atoms with van der Waals surface area (Å²) in [4.78, 5) is 11.9. The average molecular weight is 282 g/mol. The van der Waals surface area contributed by atoms with Crippen LogP contribution in [0.2, 0.25) is 0 Å². The first-order valence-electron chi connectivity index (χ1n) is 6.26. The Balaban J connectivity index is 1.87. The number of anilines is 1. The van der Waals surface area contributed by atoms with Crippen molar-refractivity contribution in [2.75, 3.05) is 30.4 Å². The molecule has 1 aromatic carbocycles. The highest BCUT2D eigenvalue weighted by molar-refractivity contribution is 7.91. The molecule has 1 aromatic rings. The van der Waals surface area contributed by atoms with E-state index in [1.54, 1.807) is 12.1 Å². The van der Waals surface area contributed by atoms with E-state index in [1.807, 2.05) is 19.2 Å². The van der Waals surface area contributed by atoms with Crippen LogP contribution in [0, 0.1) is 5.92 Å². The van der Waals surface area contributed by atoms with Gasteiger partial charge in [-0.15, -0.1) is 0 Å². The van der Waals surface area contributed by atoms with E-state index in [0.29, 0.717) is 18.5 Å². The summed E-state index contributed by atoms with van der Waals surface area (Å²) in [5.41, 5.74) is 1.53. The van der Waals surface area contributed by atoms with Crippen molar-refractivity contribution >= 4 is 21.4 Å². The van der Waals surface area contributed by atoms with Crippen molar-refractivity contribution in [3.05, 3.63) is 29.8 Å². The standard InChI is InChI=1S/C13H18N2O3S/c1-14-12-4-2-11(3-5-12)13(16)15-8-10-6-7-19(17,18)9-10/h2-5,10,14H,6-9H2,1H3,(H,15,16). The van der Waals surface area contributed by atoms with Gasteiger partial charge in [0.1, 0.15) is 0 Å². The fraction of sp³-hybridized carbons (Fsp3) is 0.462. The van der Waals surface area contributed by atoms with Gasteiger partial charge in [-0.05, 0) is 36.6 Å². The number of rotatable bonds is 4. The van der Waals surface area contributed by atoms with Crippen molar-refractivity contribution in [2.45, 2.75) is 6.42 Å². The first-order valence-corrected chi connectivity index (χ1v) is 8.09. The predicted octanol–water partition coefficient (Wildman–Crippen LogP) is 0.893. The third-order valence-corrected chi connectivity index (χ3v) is 5.15. The molecule has 0 radical (unpaired) electrons. The molecule has 104 valence electrons. The molecule has 5 nitrogen and oxygen atoms in total. The second kappa shape index (κ2) is 5.61. The van der Waals surface area contributed by atoms with E-state index in [0.717, 1.165) is 5.69 Å². The summed E-state index contributed by atoms with van der Waals surface area (Å²) in [6.45, 7) is 0.422. The Morgan fingerprint density at radius 2 is 2.00 bits per heavy atom. The number of nitrogens with one attached hydrogen (secondary N) is 2. The highest BCUT2D eigenvalue weighted by Gasteiger charge is 2.27. The minimum Gasteiger partial charge on any atom is -0.388 e. The molecule has 1 aliphatic heterocycles. The Morgan fingerprint density at radius 3 is 2.53 bits per heavy atom. The zero-order chi connectivity index (χ0) is 13.9. The monoisotopic (exact) mass is 282 g/mol. The number of carbonyl (C=O) groups is 1. The van der Waals surface area contributed by atoms with Gasteiger partial charge in [-0.3, -0.25) is 4.79 Å². The van der Waals surface area contributed by atoms with Crippen LogP contribution in [0.1, 0.15) is 16.8 Å². The fourth-order valence-corrected chi connectivity index (χ4v) is 4.02.